The Balaban J connectivity index is 1.77. The van der Waals surface area contributed by atoms with Crippen molar-refractivity contribution in [3.63, 3.8) is 0 Å². The molecule has 136 valence electrons. The average Bonchev–Trinajstić information content (AvgIpc) is 2.94. The first-order chi connectivity index (χ1) is 11.4. The molecule has 1 aliphatic heterocycles. The minimum Gasteiger partial charge on any atom is -0.489 e. The van der Waals surface area contributed by atoms with Gasteiger partial charge < -0.3 is 9.64 Å². The highest BCUT2D eigenvalue weighted by Gasteiger charge is 2.24. The predicted molar refractivity (Wildman–Crippen MR) is 94.6 cm³/mol. The van der Waals surface area contributed by atoms with Crippen LogP contribution in [0.5, 0.6) is 5.75 Å². The average molecular weight is 356 g/mol. The fourth-order valence-electron chi connectivity index (χ4n) is 2.69. The van der Waals surface area contributed by atoms with E-state index in [-0.39, 0.29) is 11.9 Å². The molecule has 1 saturated heterocycles. The third-order valence-electron chi connectivity index (χ3n) is 3.93. The number of nitrogens with zero attached hydrogens (tertiary/aromatic N) is 3. The molecule has 1 aromatic rings. The van der Waals surface area contributed by atoms with E-state index in [0.717, 1.165) is 37.5 Å². The quantitative estimate of drug-likeness (QED) is 0.696. The number of ether oxygens (including phenoxy) is 1. The molecule has 24 heavy (non-hydrogen) atoms. The Morgan fingerprint density at radius 3 is 2.96 bits per heavy atom. The lowest BCUT2D eigenvalue weighted by Crippen LogP contribution is -2.35. The highest BCUT2D eigenvalue weighted by molar-refractivity contribution is 7.89. The Kier molecular flexibility index (Phi) is 6.97. The normalized spacial score (nSPS) is 19.1. The van der Waals surface area contributed by atoms with Gasteiger partial charge in [0.05, 0.1) is 11.4 Å². The summed E-state index contributed by atoms with van der Waals surface area (Å²) in [5.41, 5.74) is 0.987. The fourth-order valence-corrected chi connectivity index (χ4v) is 3.30. The second-order valence-electron chi connectivity index (χ2n) is 6.35. The maximum atomic E-state index is 11.4. The minimum absolute atomic E-state index is 0.121. The topological polar surface area (TPSA) is 74.8 Å². The highest BCUT2D eigenvalue weighted by atomic mass is 32.2. The number of rotatable bonds is 9. The van der Waals surface area contributed by atoms with Crippen molar-refractivity contribution in [3.8, 4) is 5.75 Å². The second-order valence-corrected chi connectivity index (χ2v) is 8.44. The van der Waals surface area contributed by atoms with Crippen molar-refractivity contribution in [2.75, 3.05) is 46.0 Å². The Bertz CT molecular complexity index is 622. The van der Waals surface area contributed by atoms with Gasteiger partial charge in [-0.2, -0.15) is 0 Å². The molecule has 0 bridgehead atoms. The first-order valence-electron chi connectivity index (χ1n) is 8.34. The molecule has 7 nitrogen and oxygen atoms in total. The summed E-state index contributed by atoms with van der Waals surface area (Å²) in [5, 5.41) is 0. The summed E-state index contributed by atoms with van der Waals surface area (Å²) in [6, 6.07) is 3.87. The van der Waals surface area contributed by atoms with Crippen LogP contribution in [-0.2, 0) is 16.6 Å². The zero-order valence-electron chi connectivity index (χ0n) is 14.7. The van der Waals surface area contributed by atoms with E-state index in [4.69, 9.17) is 4.74 Å². The molecule has 0 aromatic carbocycles. The number of pyridine rings is 1. The van der Waals surface area contributed by atoms with Crippen LogP contribution in [0.15, 0.2) is 18.3 Å². The van der Waals surface area contributed by atoms with Gasteiger partial charge in [-0.05, 0) is 33.5 Å². The Morgan fingerprint density at radius 1 is 1.46 bits per heavy atom. The molecule has 0 spiro atoms. The first kappa shape index (κ1) is 19.1. The summed E-state index contributed by atoms with van der Waals surface area (Å²) in [6.45, 7) is 5.33. The zero-order chi connectivity index (χ0) is 17.6. The van der Waals surface area contributed by atoms with E-state index in [1.54, 1.807) is 13.1 Å². The standard InChI is InChI=1S/C16H28N4O3S/c1-4-24(21,22)18-8-10-20-9-6-16(13-20)23-15-5-7-17-14(11-15)12-19(2)3/h5,7,11,16,18H,4,6,8-10,12-13H2,1-3H3. The summed E-state index contributed by atoms with van der Waals surface area (Å²) < 4.78 is 31.5. The minimum atomic E-state index is -3.11. The van der Waals surface area contributed by atoms with Crippen LogP contribution in [0, 0.1) is 0 Å². The molecule has 2 rings (SSSR count). The van der Waals surface area contributed by atoms with Gasteiger partial charge in [0.25, 0.3) is 0 Å². The second kappa shape index (κ2) is 8.75. The van der Waals surface area contributed by atoms with Gasteiger partial charge in [0, 0.05) is 45.0 Å². The molecule has 0 saturated carbocycles. The molecule has 0 aliphatic carbocycles. The Morgan fingerprint density at radius 2 is 2.25 bits per heavy atom. The molecule has 0 radical (unpaired) electrons. The van der Waals surface area contributed by atoms with E-state index in [1.807, 2.05) is 26.2 Å². The van der Waals surface area contributed by atoms with E-state index < -0.39 is 10.0 Å². The van der Waals surface area contributed by atoms with E-state index in [9.17, 15) is 8.42 Å². The summed E-state index contributed by atoms with van der Waals surface area (Å²) in [4.78, 5) is 8.64. The molecular weight excluding hydrogens is 328 g/mol. The van der Waals surface area contributed by atoms with Gasteiger partial charge in [0.1, 0.15) is 11.9 Å². The summed E-state index contributed by atoms with van der Waals surface area (Å²) in [7, 11) is 0.915. The number of hydrogen-bond donors (Lipinski definition) is 1. The molecule has 1 atom stereocenters. The van der Waals surface area contributed by atoms with E-state index >= 15 is 0 Å². The van der Waals surface area contributed by atoms with Crippen molar-refractivity contribution in [2.45, 2.75) is 26.0 Å². The largest absolute Gasteiger partial charge is 0.489 e. The molecule has 1 aromatic heterocycles. The molecule has 2 heterocycles. The van der Waals surface area contributed by atoms with Crippen molar-refractivity contribution >= 4 is 10.0 Å². The Hall–Kier alpha value is -1.22. The number of nitrogens with one attached hydrogen (secondary N) is 1. The molecule has 1 aliphatic rings. The number of sulfonamides is 1. The third kappa shape index (κ3) is 6.35. The van der Waals surface area contributed by atoms with Crippen LogP contribution in [0.1, 0.15) is 19.0 Å². The highest BCUT2D eigenvalue weighted by Crippen LogP contribution is 2.19. The molecule has 1 N–H and O–H groups in total. The number of hydrogen-bond acceptors (Lipinski definition) is 6. The maximum absolute atomic E-state index is 11.4. The number of aromatic nitrogens is 1. The third-order valence-corrected chi connectivity index (χ3v) is 5.33. The van der Waals surface area contributed by atoms with Crippen LogP contribution in [0.3, 0.4) is 0 Å². The van der Waals surface area contributed by atoms with Crippen molar-refractivity contribution in [1.82, 2.24) is 19.5 Å². The van der Waals surface area contributed by atoms with Gasteiger partial charge in [-0.1, -0.05) is 0 Å². The van der Waals surface area contributed by atoms with Crippen LogP contribution in [0.25, 0.3) is 0 Å². The smallest absolute Gasteiger partial charge is 0.211 e. The van der Waals surface area contributed by atoms with Gasteiger partial charge in [-0.25, -0.2) is 13.1 Å². The molecular formula is C16H28N4O3S. The Labute approximate surface area is 145 Å². The fraction of sp³-hybridized carbons (Fsp3) is 0.688. The van der Waals surface area contributed by atoms with Gasteiger partial charge in [-0.15, -0.1) is 0 Å². The summed E-state index contributed by atoms with van der Waals surface area (Å²) in [5.74, 6) is 0.969. The van der Waals surface area contributed by atoms with Gasteiger partial charge in [0.15, 0.2) is 0 Å². The van der Waals surface area contributed by atoms with Crippen LogP contribution in [0.4, 0.5) is 0 Å². The van der Waals surface area contributed by atoms with E-state index in [0.29, 0.717) is 13.1 Å². The van der Waals surface area contributed by atoms with Crippen molar-refractivity contribution in [2.24, 2.45) is 0 Å². The van der Waals surface area contributed by atoms with Crippen molar-refractivity contribution in [3.05, 3.63) is 24.0 Å². The summed E-state index contributed by atoms with van der Waals surface area (Å²) in [6.07, 6.45) is 2.87. The number of likely N-dealkylation sites (tertiary alicyclic amines) is 1. The predicted octanol–water partition coefficient (Wildman–Crippen LogP) is 0.536. The SMILES string of the molecule is CCS(=O)(=O)NCCN1CCC(Oc2ccnc(CN(C)C)c2)C1. The maximum Gasteiger partial charge on any atom is 0.211 e. The first-order valence-corrected chi connectivity index (χ1v) is 9.99. The molecule has 8 heteroatoms. The summed E-state index contributed by atoms with van der Waals surface area (Å²) >= 11 is 0. The lowest BCUT2D eigenvalue weighted by atomic mass is 10.3. The van der Waals surface area contributed by atoms with Crippen LogP contribution >= 0.6 is 0 Å². The van der Waals surface area contributed by atoms with Crippen molar-refractivity contribution < 1.29 is 13.2 Å². The van der Waals surface area contributed by atoms with Crippen molar-refractivity contribution in [1.29, 1.82) is 0 Å². The van der Waals surface area contributed by atoms with E-state index in [1.165, 1.54) is 0 Å². The van der Waals surface area contributed by atoms with Crippen LogP contribution < -0.4 is 9.46 Å². The van der Waals surface area contributed by atoms with Crippen LogP contribution in [-0.4, -0.2) is 75.3 Å². The molecule has 1 fully saturated rings. The lowest BCUT2D eigenvalue weighted by molar-refractivity contribution is 0.200. The molecule has 0 amide bonds. The van der Waals surface area contributed by atoms with Gasteiger partial charge in [0.2, 0.25) is 10.0 Å². The van der Waals surface area contributed by atoms with Crippen LogP contribution in [0.2, 0.25) is 0 Å². The van der Waals surface area contributed by atoms with Gasteiger partial charge in [-0.3, -0.25) is 9.88 Å². The van der Waals surface area contributed by atoms with E-state index in [2.05, 4.69) is 19.5 Å². The zero-order valence-corrected chi connectivity index (χ0v) is 15.6. The lowest BCUT2D eigenvalue weighted by Gasteiger charge is -2.17. The van der Waals surface area contributed by atoms with Gasteiger partial charge >= 0.3 is 0 Å². The molecule has 1 unspecified atom stereocenters. The monoisotopic (exact) mass is 356 g/mol.